The number of rotatable bonds is 9. The number of aryl methyl sites for hydroxylation is 1. The van der Waals surface area contributed by atoms with Gasteiger partial charge in [-0.3, -0.25) is 9.48 Å². The van der Waals surface area contributed by atoms with E-state index in [4.69, 9.17) is 18.7 Å². The van der Waals surface area contributed by atoms with Gasteiger partial charge in [-0.15, -0.1) is 0 Å². The lowest BCUT2D eigenvalue weighted by Crippen LogP contribution is -2.18. The van der Waals surface area contributed by atoms with Crippen molar-refractivity contribution in [3.63, 3.8) is 0 Å². The highest BCUT2D eigenvalue weighted by atomic mass is 16.5. The maximum absolute atomic E-state index is 12.8. The Balaban J connectivity index is 1.57. The van der Waals surface area contributed by atoms with Gasteiger partial charge in [0.15, 0.2) is 5.82 Å². The molecule has 4 rings (SSSR count). The van der Waals surface area contributed by atoms with Crippen molar-refractivity contribution < 1.29 is 23.5 Å². The number of benzene rings is 2. The second kappa shape index (κ2) is 9.96. The Morgan fingerprint density at radius 2 is 1.91 bits per heavy atom. The molecule has 0 unspecified atom stereocenters. The van der Waals surface area contributed by atoms with E-state index in [9.17, 15) is 4.79 Å². The molecule has 0 spiro atoms. The van der Waals surface area contributed by atoms with Crippen LogP contribution in [0.3, 0.4) is 0 Å². The molecule has 0 radical (unpaired) electrons. The van der Waals surface area contributed by atoms with E-state index in [1.165, 1.54) is 6.39 Å². The minimum absolute atomic E-state index is 0.216. The topological polar surface area (TPSA) is 114 Å². The normalized spacial score (nSPS) is 11.7. The fourth-order valence-corrected chi connectivity index (χ4v) is 3.11. The van der Waals surface area contributed by atoms with Crippen LogP contribution in [0.1, 0.15) is 17.3 Å². The Morgan fingerprint density at radius 3 is 2.58 bits per heavy atom. The molecule has 0 fully saturated rings. The third-order valence-corrected chi connectivity index (χ3v) is 4.55. The number of carbonyl (C=O) groups is 1. The molecule has 33 heavy (non-hydrogen) atoms. The minimum atomic E-state index is -0.337. The second-order valence-electron chi connectivity index (χ2n) is 7.29. The fraction of sp³-hybridized carbons (Fsp3) is 0.217. The fourth-order valence-electron chi connectivity index (χ4n) is 3.11. The number of anilines is 1. The van der Waals surface area contributed by atoms with Crippen LogP contribution in [0.2, 0.25) is 0 Å². The number of nitrogens with zero attached hydrogens (tertiary/aromatic N) is 4. The highest BCUT2D eigenvalue weighted by Crippen LogP contribution is 2.29. The molecule has 0 aliphatic heterocycles. The van der Waals surface area contributed by atoms with Gasteiger partial charge in [-0.1, -0.05) is 5.16 Å². The maximum Gasteiger partial charge on any atom is 0.257 e. The largest absolute Gasteiger partial charge is 0.488 e. The monoisotopic (exact) mass is 449 g/mol. The molecule has 0 aliphatic carbocycles. The van der Waals surface area contributed by atoms with Crippen LogP contribution < -0.4 is 14.8 Å². The zero-order chi connectivity index (χ0) is 23.2. The first-order valence-electron chi connectivity index (χ1n) is 10.2. The minimum Gasteiger partial charge on any atom is -0.488 e. The van der Waals surface area contributed by atoms with E-state index in [1.807, 2.05) is 19.1 Å². The molecule has 1 amide bonds. The molecule has 10 heteroatoms. The smallest absolute Gasteiger partial charge is 0.257 e. The van der Waals surface area contributed by atoms with E-state index in [1.54, 1.807) is 61.4 Å². The number of carbonyl (C=O) groups excluding carboxylic acids is 1. The van der Waals surface area contributed by atoms with E-state index in [0.29, 0.717) is 41.1 Å². The predicted octanol–water partition coefficient (Wildman–Crippen LogP) is 3.93. The van der Waals surface area contributed by atoms with Crippen LogP contribution >= 0.6 is 0 Å². The molecule has 1 atom stereocenters. The molecule has 0 bridgehead atoms. The van der Waals surface area contributed by atoms with Crippen LogP contribution in [0.5, 0.6) is 17.2 Å². The third kappa shape index (κ3) is 5.74. The summed E-state index contributed by atoms with van der Waals surface area (Å²) >= 11 is 0. The highest BCUT2D eigenvalue weighted by Gasteiger charge is 2.14. The molecule has 0 aliphatic rings. The van der Waals surface area contributed by atoms with Crippen molar-refractivity contribution in [1.29, 1.82) is 0 Å². The van der Waals surface area contributed by atoms with E-state index < -0.39 is 0 Å². The molecule has 2 aromatic carbocycles. The van der Waals surface area contributed by atoms with Crippen molar-refractivity contribution in [1.82, 2.24) is 19.9 Å². The lowest BCUT2D eigenvalue weighted by Gasteiger charge is -2.16. The average Bonchev–Trinajstić information content (AvgIpc) is 3.46. The van der Waals surface area contributed by atoms with Gasteiger partial charge in [-0.2, -0.15) is 10.1 Å². The maximum atomic E-state index is 12.8. The average molecular weight is 449 g/mol. The lowest BCUT2D eigenvalue weighted by atomic mass is 10.1. The molecular formula is C23H23N5O5. The molecule has 1 N–H and O–H groups in total. The number of methoxy groups -OCH3 is 1. The van der Waals surface area contributed by atoms with Gasteiger partial charge in [0.1, 0.15) is 23.4 Å². The van der Waals surface area contributed by atoms with Gasteiger partial charge in [0, 0.05) is 43.6 Å². The van der Waals surface area contributed by atoms with Crippen LogP contribution in [0.4, 0.5) is 5.82 Å². The van der Waals surface area contributed by atoms with E-state index in [0.717, 1.165) is 5.56 Å². The first kappa shape index (κ1) is 22.0. The Kier molecular flexibility index (Phi) is 6.65. The van der Waals surface area contributed by atoms with Crippen molar-refractivity contribution in [2.45, 2.75) is 13.0 Å². The molecule has 2 aromatic heterocycles. The first-order chi connectivity index (χ1) is 16.0. The summed E-state index contributed by atoms with van der Waals surface area (Å²) in [5, 5.41) is 10.8. The van der Waals surface area contributed by atoms with Gasteiger partial charge in [0.2, 0.25) is 12.2 Å². The second-order valence-corrected chi connectivity index (χ2v) is 7.29. The number of aromatic nitrogens is 4. The molecule has 0 saturated heterocycles. The van der Waals surface area contributed by atoms with Crippen molar-refractivity contribution >= 4 is 11.7 Å². The quantitative estimate of drug-likeness (QED) is 0.409. The highest BCUT2D eigenvalue weighted by molar-refractivity contribution is 6.04. The Hall–Kier alpha value is -4.18. The van der Waals surface area contributed by atoms with Gasteiger partial charge in [-0.25, -0.2) is 0 Å². The SMILES string of the molecule is COC[C@H](C)Oc1cc(Oc2ccc(-c3ncon3)cc2)cc(C(=O)Nc2ccn(C)n2)c1. The molecule has 2 heterocycles. The zero-order valence-corrected chi connectivity index (χ0v) is 18.4. The number of ether oxygens (including phenoxy) is 3. The van der Waals surface area contributed by atoms with Crippen LogP contribution in [0.15, 0.2) is 65.6 Å². The summed E-state index contributed by atoms with van der Waals surface area (Å²) in [7, 11) is 3.38. The third-order valence-electron chi connectivity index (χ3n) is 4.55. The van der Waals surface area contributed by atoms with Gasteiger partial charge in [0.05, 0.1) is 6.61 Å². The number of amides is 1. The number of hydrogen-bond donors (Lipinski definition) is 1. The standard InChI is InChI=1S/C23H23N5O5/c1-15(13-30-3)32-19-10-17(23(29)25-21-8-9-28(2)26-21)11-20(12-19)33-18-6-4-16(5-7-18)22-24-14-31-27-22/h4-12,14-15H,13H2,1-3H3,(H,25,26,29)/t15-/m0/s1. The van der Waals surface area contributed by atoms with Crippen molar-refractivity contribution in [3.05, 3.63) is 66.7 Å². The van der Waals surface area contributed by atoms with E-state index in [-0.39, 0.29) is 12.0 Å². The summed E-state index contributed by atoms with van der Waals surface area (Å²) in [5.74, 6) is 2.08. The van der Waals surface area contributed by atoms with Crippen LogP contribution in [-0.4, -0.2) is 45.6 Å². The van der Waals surface area contributed by atoms with Crippen molar-refractivity contribution in [3.8, 4) is 28.6 Å². The Labute approximate surface area is 190 Å². The summed E-state index contributed by atoms with van der Waals surface area (Å²) in [6.45, 7) is 2.28. The Morgan fingerprint density at radius 1 is 1.12 bits per heavy atom. The van der Waals surface area contributed by atoms with Gasteiger partial charge in [-0.05, 0) is 43.3 Å². The zero-order valence-electron chi connectivity index (χ0n) is 18.4. The summed E-state index contributed by atoms with van der Waals surface area (Å²) in [5.41, 5.74) is 1.15. The first-order valence-corrected chi connectivity index (χ1v) is 10.2. The van der Waals surface area contributed by atoms with Gasteiger partial charge >= 0.3 is 0 Å². The van der Waals surface area contributed by atoms with E-state index >= 15 is 0 Å². The predicted molar refractivity (Wildman–Crippen MR) is 119 cm³/mol. The van der Waals surface area contributed by atoms with Crippen LogP contribution in [-0.2, 0) is 11.8 Å². The lowest BCUT2D eigenvalue weighted by molar-refractivity contribution is 0.0915. The van der Waals surface area contributed by atoms with Crippen molar-refractivity contribution in [2.75, 3.05) is 19.0 Å². The van der Waals surface area contributed by atoms with Gasteiger partial charge < -0.3 is 24.1 Å². The molecule has 10 nitrogen and oxygen atoms in total. The van der Waals surface area contributed by atoms with Gasteiger partial charge in [0.25, 0.3) is 5.91 Å². The summed E-state index contributed by atoms with van der Waals surface area (Å²) in [6.07, 6.45) is 2.80. The molecule has 170 valence electrons. The molecular weight excluding hydrogens is 426 g/mol. The van der Waals surface area contributed by atoms with Crippen LogP contribution in [0, 0.1) is 0 Å². The van der Waals surface area contributed by atoms with E-state index in [2.05, 4.69) is 20.6 Å². The van der Waals surface area contributed by atoms with Crippen molar-refractivity contribution in [2.24, 2.45) is 7.05 Å². The Bertz CT molecular complexity index is 1200. The summed E-state index contributed by atoms with van der Waals surface area (Å²) in [6, 6.07) is 13.9. The number of nitrogens with one attached hydrogen (secondary N) is 1. The summed E-state index contributed by atoms with van der Waals surface area (Å²) in [4.78, 5) is 16.9. The number of hydrogen-bond acceptors (Lipinski definition) is 8. The molecule has 0 saturated carbocycles. The summed E-state index contributed by atoms with van der Waals surface area (Å²) < 4.78 is 23.4. The molecule has 4 aromatic rings. The van der Waals surface area contributed by atoms with Crippen LogP contribution in [0.25, 0.3) is 11.4 Å².